The van der Waals surface area contributed by atoms with Crippen LogP contribution in [0.1, 0.15) is 0 Å². The van der Waals surface area contributed by atoms with Gasteiger partial charge in [-0.25, -0.2) is 8.42 Å². The van der Waals surface area contributed by atoms with Crippen LogP contribution < -0.4 is 5.73 Å². The van der Waals surface area contributed by atoms with Crippen LogP contribution in [0, 0.1) is 0 Å². The van der Waals surface area contributed by atoms with Crippen LogP contribution in [0.15, 0.2) is 33.6 Å². The van der Waals surface area contributed by atoms with Gasteiger partial charge in [-0.2, -0.15) is 0 Å². The van der Waals surface area contributed by atoms with Crippen molar-refractivity contribution in [3.8, 4) is 11.3 Å². The smallest absolute Gasteiger partial charge is 0.209 e. The number of hydrogen-bond donors (Lipinski definition) is 1. The van der Waals surface area contributed by atoms with E-state index in [4.69, 9.17) is 33.4 Å². The molecule has 0 spiro atoms. The number of benzene rings is 1. The predicted molar refractivity (Wildman–Crippen MR) is 71.7 cm³/mol. The molecule has 1 aromatic heterocycles. The molecule has 0 atom stereocenters. The van der Waals surface area contributed by atoms with Gasteiger partial charge in [-0.05, 0) is 18.2 Å². The third-order valence-corrected chi connectivity index (χ3v) is 3.99. The zero-order valence-corrected chi connectivity index (χ0v) is 11.6. The Hall–Kier alpha value is -1.17. The standard InChI is InChI=1S/C11H9Cl2NO3S/c1-18(15,16)10-5-9(17-11(10)14)7-3-2-6(12)4-8(7)13/h2-5H,14H2,1H3. The average Bonchev–Trinajstić information content (AvgIpc) is 2.59. The number of anilines is 1. The van der Waals surface area contributed by atoms with Crippen LogP contribution in [0.4, 0.5) is 5.88 Å². The van der Waals surface area contributed by atoms with Gasteiger partial charge in [0.25, 0.3) is 0 Å². The molecule has 1 aromatic carbocycles. The lowest BCUT2D eigenvalue weighted by Gasteiger charge is -2.00. The van der Waals surface area contributed by atoms with E-state index in [1.807, 2.05) is 0 Å². The molecule has 0 aliphatic heterocycles. The second-order valence-corrected chi connectivity index (χ2v) is 6.56. The first-order valence-corrected chi connectivity index (χ1v) is 7.48. The molecule has 0 radical (unpaired) electrons. The molecule has 0 aliphatic rings. The summed E-state index contributed by atoms with van der Waals surface area (Å²) in [5, 5.41) is 0.836. The first-order valence-electron chi connectivity index (χ1n) is 4.84. The fraction of sp³-hybridized carbons (Fsp3) is 0.0909. The van der Waals surface area contributed by atoms with Crippen LogP contribution in [0.3, 0.4) is 0 Å². The maximum atomic E-state index is 11.4. The van der Waals surface area contributed by atoms with Gasteiger partial charge in [0.1, 0.15) is 10.7 Å². The van der Waals surface area contributed by atoms with E-state index < -0.39 is 9.84 Å². The molecule has 0 bridgehead atoms. The van der Waals surface area contributed by atoms with Crippen molar-refractivity contribution < 1.29 is 12.8 Å². The second-order valence-electron chi connectivity index (χ2n) is 3.74. The Morgan fingerprint density at radius 1 is 1.22 bits per heavy atom. The monoisotopic (exact) mass is 305 g/mol. The average molecular weight is 306 g/mol. The fourth-order valence-electron chi connectivity index (χ4n) is 1.50. The van der Waals surface area contributed by atoms with Crippen molar-refractivity contribution in [1.29, 1.82) is 0 Å². The minimum Gasteiger partial charge on any atom is -0.439 e. The first-order chi connectivity index (χ1) is 8.29. The van der Waals surface area contributed by atoms with Gasteiger partial charge < -0.3 is 10.2 Å². The Morgan fingerprint density at radius 3 is 2.39 bits per heavy atom. The maximum Gasteiger partial charge on any atom is 0.209 e. The number of hydrogen-bond acceptors (Lipinski definition) is 4. The maximum absolute atomic E-state index is 11.4. The van der Waals surface area contributed by atoms with Crippen LogP contribution in [0.25, 0.3) is 11.3 Å². The first kappa shape index (κ1) is 13.3. The largest absolute Gasteiger partial charge is 0.439 e. The lowest BCUT2D eigenvalue weighted by atomic mass is 10.2. The summed E-state index contributed by atoms with van der Waals surface area (Å²) in [6.07, 6.45) is 1.06. The van der Waals surface area contributed by atoms with E-state index in [9.17, 15) is 8.42 Å². The predicted octanol–water partition coefficient (Wildman–Crippen LogP) is 3.24. The van der Waals surface area contributed by atoms with Crippen molar-refractivity contribution in [1.82, 2.24) is 0 Å². The summed E-state index contributed by atoms with van der Waals surface area (Å²) in [5.74, 6) is 0.133. The molecule has 0 unspecified atom stereocenters. The van der Waals surface area contributed by atoms with E-state index in [2.05, 4.69) is 0 Å². The van der Waals surface area contributed by atoms with Crippen molar-refractivity contribution in [3.05, 3.63) is 34.3 Å². The Bertz CT molecular complexity index is 707. The van der Waals surface area contributed by atoms with Crippen LogP contribution in [0.2, 0.25) is 10.0 Å². The van der Waals surface area contributed by atoms with Gasteiger partial charge in [0.05, 0.1) is 5.02 Å². The molecular weight excluding hydrogens is 297 g/mol. The number of halogens is 2. The molecule has 0 saturated heterocycles. The van der Waals surface area contributed by atoms with Crippen molar-refractivity contribution in [2.45, 2.75) is 4.90 Å². The van der Waals surface area contributed by atoms with Crippen LogP contribution >= 0.6 is 23.2 Å². The lowest BCUT2D eigenvalue weighted by molar-refractivity contribution is 0.587. The fourth-order valence-corrected chi connectivity index (χ4v) is 2.73. The SMILES string of the molecule is CS(=O)(=O)c1cc(-c2ccc(Cl)cc2Cl)oc1N. The number of nitrogen functional groups attached to an aromatic ring is 1. The summed E-state index contributed by atoms with van der Waals surface area (Å²) in [6.45, 7) is 0. The highest BCUT2D eigenvalue weighted by Gasteiger charge is 2.19. The minimum absolute atomic E-state index is 0.0523. The highest BCUT2D eigenvalue weighted by Crippen LogP contribution is 2.35. The van der Waals surface area contributed by atoms with Gasteiger partial charge in [0.2, 0.25) is 5.88 Å². The second kappa shape index (κ2) is 4.50. The van der Waals surface area contributed by atoms with Gasteiger partial charge in [-0.1, -0.05) is 23.2 Å². The molecule has 96 valence electrons. The molecule has 7 heteroatoms. The zero-order valence-electron chi connectivity index (χ0n) is 9.28. The summed E-state index contributed by atoms with van der Waals surface area (Å²) >= 11 is 11.8. The molecule has 0 fully saturated rings. The topological polar surface area (TPSA) is 73.3 Å². The van der Waals surface area contributed by atoms with Crippen LogP contribution in [-0.4, -0.2) is 14.7 Å². The Balaban J connectivity index is 2.60. The Morgan fingerprint density at radius 2 is 1.89 bits per heavy atom. The number of nitrogens with two attached hydrogens (primary N) is 1. The van der Waals surface area contributed by atoms with Crippen molar-refractivity contribution in [2.75, 3.05) is 12.0 Å². The molecule has 2 rings (SSSR count). The highest BCUT2D eigenvalue weighted by atomic mass is 35.5. The van der Waals surface area contributed by atoms with Gasteiger partial charge in [-0.3, -0.25) is 0 Å². The van der Waals surface area contributed by atoms with Crippen LogP contribution in [0.5, 0.6) is 0 Å². The summed E-state index contributed by atoms with van der Waals surface area (Å²) in [4.78, 5) is -0.0523. The Labute approximate surface area is 114 Å². The molecule has 0 saturated carbocycles. The zero-order chi connectivity index (χ0) is 13.5. The van der Waals surface area contributed by atoms with E-state index in [-0.39, 0.29) is 16.5 Å². The molecule has 1 heterocycles. The summed E-state index contributed by atoms with van der Waals surface area (Å²) in [5.41, 5.74) is 6.06. The van der Waals surface area contributed by atoms with Gasteiger partial charge in [0.15, 0.2) is 9.84 Å². The van der Waals surface area contributed by atoms with Gasteiger partial charge >= 0.3 is 0 Å². The molecule has 4 nitrogen and oxygen atoms in total. The highest BCUT2D eigenvalue weighted by molar-refractivity contribution is 7.90. The molecule has 18 heavy (non-hydrogen) atoms. The van der Waals surface area contributed by atoms with Crippen molar-refractivity contribution >= 4 is 38.9 Å². The third kappa shape index (κ3) is 2.48. The van der Waals surface area contributed by atoms with Crippen LogP contribution in [-0.2, 0) is 9.84 Å². The molecule has 0 aliphatic carbocycles. The summed E-state index contributed by atoms with van der Waals surface area (Å²) in [6, 6.07) is 6.15. The molecule has 2 aromatic rings. The number of rotatable bonds is 2. The number of furan rings is 1. The third-order valence-electron chi connectivity index (χ3n) is 2.32. The van der Waals surface area contributed by atoms with Gasteiger partial charge in [-0.15, -0.1) is 0 Å². The van der Waals surface area contributed by atoms with E-state index in [0.29, 0.717) is 15.6 Å². The van der Waals surface area contributed by atoms with Gasteiger partial charge in [0, 0.05) is 22.9 Å². The summed E-state index contributed by atoms with van der Waals surface area (Å²) < 4.78 is 28.1. The molecule has 2 N–H and O–H groups in total. The molecule has 0 amide bonds. The summed E-state index contributed by atoms with van der Waals surface area (Å²) in [7, 11) is -3.43. The van der Waals surface area contributed by atoms with E-state index in [0.717, 1.165) is 6.26 Å². The van der Waals surface area contributed by atoms with Crippen molar-refractivity contribution in [2.24, 2.45) is 0 Å². The Kier molecular flexibility index (Phi) is 3.31. The molecular formula is C11H9Cl2NO3S. The minimum atomic E-state index is -3.43. The van der Waals surface area contributed by atoms with E-state index in [1.165, 1.54) is 12.1 Å². The van der Waals surface area contributed by atoms with E-state index >= 15 is 0 Å². The van der Waals surface area contributed by atoms with E-state index in [1.54, 1.807) is 12.1 Å². The lowest BCUT2D eigenvalue weighted by Crippen LogP contribution is -1.98. The normalized spacial score (nSPS) is 11.7. The van der Waals surface area contributed by atoms with Crippen molar-refractivity contribution in [3.63, 3.8) is 0 Å². The number of sulfone groups is 1. The quantitative estimate of drug-likeness (QED) is 0.924.